The van der Waals surface area contributed by atoms with Gasteiger partial charge in [-0.1, -0.05) is 31.9 Å². The van der Waals surface area contributed by atoms with Gasteiger partial charge in [-0.3, -0.25) is 4.99 Å². The smallest absolute Gasteiger partial charge is 0.193 e. The Morgan fingerprint density at radius 1 is 1.17 bits per heavy atom. The third kappa shape index (κ3) is 7.04. The van der Waals surface area contributed by atoms with Crippen LogP contribution >= 0.6 is 0 Å². The first-order chi connectivity index (χ1) is 11.3. The van der Waals surface area contributed by atoms with Crippen molar-refractivity contribution >= 4 is 11.6 Å². The highest BCUT2D eigenvalue weighted by Crippen LogP contribution is 2.11. The van der Waals surface area contributed by atoms with Gasteiger partial charge in [0.15, 0.2) is 5.96 Å². The summed E-state index contributed by atoms with van der Waals surface area (Å²) >= 11 is 0. The van der Waals surface area contributed by atoms with Gasteiger partial charge in [-0.05, 0) is 69.4 Å². The molecule has 0 spiro atoms. The molecule has 0 saturated carbocycles. The lowest BCUT2D eigenvalue weighted by Gasteiger charge is -2.26. The highest BCUT2D eigenvalue weighted by Gasteiger charge is 2.08. The molecular formula is C19H32N4. The van der Waals surface area contributed by atoms with Crippen LogP contribution in [0.1, 0.15) is 51.0 Å². The Balaban J connectivity index is 1.59. The number of benzene rings is 1. The zero-order valence-electron chi connectivity index (χ0n) is 14.6. The number of unbranched alkanes of at least 4 members (excludes halogenated alkanes) is 2. The zero-order valence-corrected chi connectivity index (χ0v) is 14.6. The van der Waals surface area contributed by atoms with E-state index in [0.29, 0.717) is 5.96 Å². The lowest BCUT2D eigenvalue weighted by atomic mass is 10.1. The first-order valence-electron chi connectivity index (χ1n) is 9.16. The van der Waals surface area contributed by atoms with Gasteiger partial charge in [0.1, 0.15) is 0 Å². The molecule has 4 nitrogen and oxygen atoms in total. The summed E-state index contributed by atoms with van der Waals surface area (Å²) in [6, 6.07) is 8.33. The SMILES string of the molecule is CCc1cccc(NC(N)=NCCCCCN2CCCCC2)c1. The number of nitrogens with two attached hydrogens (primary N) is 1. The molecule has 0 unspecified atom stereocenters. The van der Waals surface area contributed by atoms with E-state index >= 15 is 0 Å². The monoisotopic (exact) mass is 316 g/mol. The van der Waals surface area contributed by atoms with E-state index in [1.807, 2.05) is 6.07 Å². The van der Waals surface area contributed by atoms with E-state index in [4.69, 9.17) is 5.73 Å². The van der Waals surface area contributed by atoms with Crippen molar-refractivity contribution < 1.29 is 0 Å². The van der Waals surface area contributed by atoms with Crippen molar-refractivity contribution in [1.29, 1.82) is 0 Å². The van der Waals surface area contributed by atoms with Gasteiger partial charge in [0, 0.05) is 12.2 Å². The average Bonchev–Trinajstić information content (AvgIpc) is 2.59. The molecule has 0 bridgehead atoms. The van der Waals surface area contributed by atoms with Crippen LogP contribution in [0.3, 0.4) is 0 Å². The molecule has 23 heavy (non-hydrogen) atoms. The maximum absolute atomic E-state index is 5.96. The molecule has 128 valence electrons. The Morgan fingerprint density at radius 3 is 2.78 bits per heavy atom. The van der Waals surface area contributed by atoms with Gasteiger partial charge in [0.2, 0.25) is 0 Å². The summed E-state index contributed by atoms with van der Waals surface area (Å²) in [7, 11) is 0. The van der Waals surface area contributed by atoms with Crippen LogP contribution in [0, 0.1) is 0 Å². The Hall–Kier alpha value is -1.55. The number of aryl methyl sites for hydroxylation is 1. The van der Waals surface area contributed by atoms with Crippen molar-refractivity contribution in [2.45, 2.75) is 51.9 Å². The van der Waals surface area contributed by atoms with Crippen LogP contribution in [0.2, 0.25) is 0 Å². The van der Waals surface area contributed by atoms with Crippen LogP contribution in [0.15, 0.2) is 29.3 Å². The summed E-state index contributed by atoms with van der Waals surface area (Å²) < 4.78 is 0. The van der Waals surface area contributed by atoms with Crippen LogP contribution in [0.25, 0.3) is 0 Å². The number of aliphatic imine (C=N–C) groups is 1. The van der Waals surface area contributed by atoms with E-state index in [-0.39, 0.29) is 0 Å². The molecule has 0 aliphatic carbocycles. The minimum absolute atomic E-state index is 0.522. The van der Waals surface area contributed by atoms with Gasteiger partial charge in [0.05, 0.1) is 0 Å². The predicted molar refractivity (Wildman–Crippen MR) is 100 cm³/mol. The number of hydrogen-bond donors (Lipinski definition) is 2. The fourth-order valence-corrected chi connectivity index (χ4v) is 3.06. The summed E-state index contributed by atoms with van der Waals surface area (Å²) in [5.41, 5.74) is 8.29. The van der Waals surface area contributed by atoms with Crippen molar-refractivity contribution in [3.8, 4) is 0 Å². The highest BCUT2D eigenvalue weighted by atomic mass is 15.1. The summed E-state index contributed by atoms with van der Waals surface area (Å²) in [6.07, 6.45) is 8.84. The zero-order chi connectivity index (χ0) is 16.3. The van der Waals surface area contributed by atoms with E-state index in [1.54, 1.807) is 0 Å². The molecule has 0 atom stereocenters. The van der Waals surface area contributed by atoms with Gasteiger partial charge in [-0.25, -0.2) is 0 Å². The van der Waals surface area contributed by atoms with Gasteiger partial charge >= 0.3 is 0 Å². The van der Waals surface area contributed by atoms with E-state index in [9.17, 15) is 0 Å². The van der Waals surface area contributed by atoms with Crippen LogP contribution < -0.4 is 11.1 Å². The summed E-state index contributed by atoms with van der Waals surface area (Å²) in [6.45, 7) is 6.81. The van der Waals surface area contributed by atoms with E-state index in [2.05, 4.69) is 40.3 Å². The van der Waals surface area contributed by atoms with Crippen molar-refractivity contribution in [1.82, 2.24) is 4.90 Å². The summed E-state index contributed by atoms with van der Waals surface area (Å²) in [5, 5.41) is 3.18. The molecule has 1 aromatic rings. The molecule has 2 rings (SSSR count). The standard InChI is InChI=1S/C19H32N4/c1-2-17-10-9-11-18(16-17)22-19(20)21-12-5-3-6-13-23-14-7-4-8-15-23/h9-11,16H,2-8,12-15H2,1H3,(H3,20,21,22). The molecule has 0 amide bonds. The molecule has 4 heteroatoms. The third-order valence-electron chi connectivity index (χ3n) is 4.47. The van der Waals surface area contributed by atoms with Crippen LogP contribution in [-0.4, -0.2) is 37.0 Å². The van der Waals surface area contributed by atoms with Gasteiger partial charge < -0.3 is 16.0 Å². The van der Waals surface area contributed by atoms with Crippen LogP contribution in [0.4, 0.5) is 5.69 Å². The average molecular weight is 316 g/mol. The lowest BCUT2D eigenvalue weighted by Crippen LogP contribution is -2.30. The number of anilines is 1. The Labute approximate surface area is 141 Å². The summed E-state index contributed by atoms with van der Waals surface area (Å²) in [5.74, 6) is 0.522. The van der Waals surface area contributed by atoms with Crippen molar-refractivity contribution in [2.75, 3.05) is 31.5 Å². The Morgan fingerprint density at radius 2 is 2.00 bits per heavy atom. The number of likely N-dealkylation sites (tertiary alicyclic amines) is 1. The Kier molecular flexibility index (Phi) is 7.95. The lowest BCUT2D eigenvalue weighted by molar-refractivity contribution is 0.224. The molecular weight excluding hydrogens is 284 g/mol. The van der Waals surface area contributed by atoms with E-state index < -0.39 is 0 Å². The first-order valence-corrected chi connectivity index (χ1v) is 9.16. The number of piperidine rings is 1. The van der Waals surface area contributed by atoms with Crippen molar-refractivity contribution in [3.63, 3.8) is 0 Å². The maximum Gasteiger partial charge on any atom is 0.193 e. The van der Waals surface area contributed by atoms with Gasteiger partial charge in [0.25, 0.3) is 0 Å². The van der Waals surface area contributed by atoms with E-state index in [1.165, 1.54) is 57.3 Å². The van der Waals surface area contributed by atoms with Crippen molar-refractivity contribution in [2.24, 2.45) is 10.7 Å². The number of hydrogen-bond acceptors (Lipinski definition) is 2. The quantitative estimate of drug-likeness (QED) is 0.437. The third-order valence-corrected chi connectivity index (χ3v) is 4.47. The van der Waals surface area contributed by atoms with Gasteiger partial charge in [-0.15, -0.1) is 0 Å². The molecule has 3 N–H and O–H groups in total. The molecule has 1 saturated heterocycles. The minimum Gasteiger partial charge on any atom is -0.370 e. The number of rotatable bonds is 8. The molecule has 1 fully saturated rings. The molecule has 1 aliphatic rings. The Bertz CT molecular complexity index is 478. The number of nitrogens with zero attached hydrogens (tertiary/aromatic N) is 2. The van der Waals surface area contributed by atoms with E-state index in [0.717, 1.165) is 25.1 Å². The second kappa shape index (κ2) is 10.3. The molecule has 0 radical (unpaired) electrons. The normalized spacial score (nSPS) is 16.5. The first kappa shape index (κ1) is 17.8. The molecule has 1 heterocycles. The summed E-state index contributed by atoms with van der Waals surface area (Å²) in [4.78, 5) is 7.03. The fourth-order valence-electron chi connectivity index (χ4n) is 3.06. The van der Waals surface area contributed by atoms with Gasteiger partial charge in [-0.2, -0.15) is 0 Å². The van der Waals surface area contributed by atoms with Crippen LogP contribution in [0.5, 0.6) is 0 Å². The molecule has 1 aliphatic heterocycles. The molecule has 0 aromatic heterocycles. The second-order valence-electron chi connectivity index (χ2n) is 6.41. The highest BCUT2D eigenvalue weighted by molar-refractivity contribution is 5.92. The number of nitrogens with one attached hydrogen (secondary N) is 1. The minimum atomic E-state index is 0.522. The van der Waals surface area contributed by atoms with Crippen LogP contribution in [-0.2, 0) is 6.42 Å². The topological polar surface area (TPSA) is 53.6 Å². The predicted octanol–water partition coefficient (Wildman–Crippen LogP) is 3.63. The largest absolute Gasteiger partial charge is 0.370 e. The number of guanidine groups is 1. The fraction of sp³-hybridized carbons (Fsp3) is 0.632. The van der Waals surface area contributed by atoms with Crippen molar-refractivity contribution in [3.05, 3.63) is 29.8 Å². The maximum atomic E-state index is 5.96. The molecule has 1 aromatic carbocycles. The second-order valence-corrected chi connectivity index (χ2v) is 6.41.